The molecule has 0 atom stereocenters. The maximum atomic E-state index is 12.2. The summed E-state index contributed by atoms with van der Waals surface area (Å²) < 4.78 is 16.8. The summed E-state index contributed by atoms with van der Waals surface area (Å²) in [6.07, 6.45) is 0. The van der Waals surface area contributed by atoms with Gasteiger partial charge in [0, 0.05) is 5.39 Å². The molecule has 1 heterocycles. The van der Waals surface area contributed by atoms with E-state index in [0.717, 1.165) is 22.3 Å². The van der Waals surface area contributed by atoms with Crippen LogP contribution < -0.4 is 4.74 Å². The van der Waals surface area contributed by atoms with Crippen LogP contribution in [0.2, 0.25) is 0 Å². The van der Waals surface area contributed by atoms with Crippen LogP contribution in [-0.4, -0.2) is 12.6 Å². The van der Waals surface area contributed by atoms with E-state index in [1.165, 1.54) is 0 Å². The fraction of sp³-hybridized carbons (Fsp3) is 0.250. The molecule has 0 aliphatic carbocycles. The summed E-state index contributed by atoms with van der Waals surface area (Å²) in [5.41, 5.74) is 3.19. The fourth-order valence-electron chi connectivity index (χ4n) is 2.69. The molecule has 2 aromatic carbocycles. The Hall–Kier alpha value is -2.75. The predicted octanol–water partition coefficient (Wildman–Crippen LogP) is 4.81. The van der Waals surface area contributed by atoms with Crippen LogP contribution in [0, 0.1) is 13.8 Å². The number of rotatable bonds is 5. The Balaban J connectivity index is 1.95. The van der Waals surface area contributed by atoms with Crippen LogP contribution in [0.5, 0.6) is 5.75 Å². The molecule has 3 rings (SSSR count). The van der Waals surface area contributed by atoms with Crippen LogP contribution in [0.4, 0.5) is 0 Å². The van der Waals surface area contributed by atoms with Gasteiger partial charge in [0.15, 0.2) is 0 Å². The van der Waals surface area contributed by atoms with Gasteiger partial charge < -0.3 is 13.9 Å². The van der Waals surface area contributed by atoms with Gasteiger partial charge in [-0.25, -0.2) is 4.79 Å². The smallest absolute Gasteiger partial charge is 0.342 e. The van der Waals surface area contributed by atoms with E-state index >= 15 is 0 Å². The molecule has 4 heteroatoms. The van der Waals surface area contributed by atoms with E-state index in [4.69, 9.17) is 13.9 Å². The minimum Gasteiger partial charge on any atom is -0.489 e. The van der Waals surface area contributed by atoms with E-state index < -0.39 is 0 Å². The molecule has 0 radical (unpaired) electrons. The second-order valence-corrected chi connectivity index (χ2v) is 5.64. The van der Waals surface area contributed by atoms with E-state index in [9.17, 15) is 4.79 Å². The molecule has 0 aliphatic rings. The predicted molar refractivity (Wildman–Crippen MR) is 92.4 cm³/mol. The lowest BCUT2D eigenvalue weighted by atomic mass is 10.1. The molecule has 0 fully saturated rings. The second-order valence-electron chi connectivity index (χ2n) is 5.64. The maximum absolute atomic E-state index is 12.2. The first-order valence-electron chi connectivity index (χ1n) is 7.97. The number of furan rings is 1. The van der Waals surface area contributed by atoms with E-state index in [1.807, 2.05) is 49.4 Å². The van der Waals surface area contributed by atoms with Gasteiger partial charge in [-0.15, -0.1) is 0 Å². The van der Waals surface area contributed by atoms with Crippen molar-refractivity contribution in [3.63, 3.8) is 0 Å². The number of esters is 1. The number of benzene rings is 2. The Morgan fingerprint density at radius 3 is 2.58 bits per heavy atom. The number of hydrogen-bond acceptors (Lipinski definition) is 4. The molecule has 0 amide bonds. The number of carbonyl (C=O) groups is 1. The first kappa shape index (κ1) is 16.1. The molecule has 24 heavy (non-hydrogen) atoms. The fourth-order valence-corrected chi connectivity index (χ4v) is 2.69. The number of ether oxygens (including phenoxy) is 2. The first-order chi connectivity index (χ1) is 11.6. The Morgan fingerprint density at radius 2 is 1.88 bits per heavy atom. The lowest BCUT2D eigenvalue weighted by Crippen LogP contribution is -2.05. The van der Waals surface area contributed by atoms with Crippen molar-refractivity contribution < 1.29 is 18.7 Å². The van der Waals surface area contributed by atoms with Crippen LogP contribution in [0.15, 0.2) is 46.9 Å². The standard InChI is InChI=1S/C20H20O4/c1-4-22-20(21)19-14(3)24-18-10-13(2)17(11-16(18)19)23-12-15-8-6-5-7-9-15/h5-11H,4,12H2,1-3H3. The molecule has 0 unspecified atom stereocenters. The van der Waals surface area contributed by atoms with Gasteiger partial charge in [-0.3, -0.25) is 0 Å². The van der Waals surface area contributed by atoms with Gasteiger partial charge >= 0.3 is 5.97 Å². The van der Waals surface area contributed by atoms with Crippen LogP contribution in [0.3, 0.4) is 0 Å². The van der Waals surface area contributed by atoms with Crippen molar-refractivity contribution in [2.24, 2.45) is 0 Å². The highest BCUT2D eigenvalue weighted by atomic mass is 16.5. The summed E-state index contributed by atoms with van der Waals surface area (Å²) in [7, 11) is 0. The zero-order valence-corrected chi connectivity index (χ0v) is 14.1. The van der Waals surface area contributed by atoms with Crippen molar-refractivity contribution in [1.29, 1.82) is 0 Å². The quantitative estimate of drug-likeness (QED) is 0.632. The molecule has 1 aromatic heterocycles. The summed E-state index contributed by atoms with van der Waals surface area (Å²) in [5, 5.41) is 0.722. The number of fused-ring (bicyclic) bond motifs is 1. The Kier molecular flexibility index (Phi) is 4.56. The minimum absolute atomic E-state index is 0.328. The third-order valence-corrected chi connectivity index (χ3v) is 3.88. The van der Waals surface area contributed by atoms with Crippen molar-refractivity contribution in [2.75, 3.05) is 6.61 Å². The van der Waals surface area contributed by atoms with Crippen LogP contribution in [0.1, 0.15) is 34.2 Å². The zero-order valence-electron chi connectivity index (χ0n) is 14.1. The molecule has 0 bridgehead atoms. The van der Waals surface area contributed by atoms with Gasteiger partial charge in [-0.1, -0.05) is 30.3 Å². The first-order valence-corrected chi connectivity index (χ1v) is 7.97. The van der Waals surface area contributed by atoms with Gasteiger partial charge in [0.1, 0.15) is 29.3 Å². The normalized spacial score (nSPS) is 10.8. The summed E-state index contributed by atoms with van der Waals surface area (Å²) in [6.45, 7) is 6.31. The van der Waals surface area contributed by atoms with Gasteiger partial charge in [0.05, 0.1) is 6.61 Å². The summed E-state index contributed by atoms with van der Waals surface area (Å²) in [4.78, 5) is 12.2. The van der Waals surface area contributed by atoms with Gasteiger partial charge in [0.2, 0.25) is 0 Å². The zero-order chi connectivity index (χ0) is 17.1. The minimum atomic E-state index is -0.369. The third kappa shape index (κ3) is 3.13. The molecule has 3 aromatic rings. The lowest BCUT2D eigenvalue weighted by molar-refractivity contribution is 0.0526. The Morgan fingerprint density at radius 1 is 1.12 bits per heavy atom. The van der Waals surface area contributed by atoms with Crippen molar-refractivity contribution in [3.8, 4) is 5.75 Å². The molecule has 0 saturated carbocycles. The summed E-state index contributed by atoms with van der Waals surface area (Å²) in [6, 6.07) is 13.7. The maximum Gasteiger partial charge on any atom is 0.342 e. The molecule has 0 N–H and O–H groups in total. The van der Waals surface area contributed by atoms with Gasteiger partial charge in [-0.05, 0) is 44.0 Å². The monoisotopic (exact) mass is 324 g/mol. The number of carbonyl (C=O) groups excluding carboxylic acids is 1. The van der Waals surface area contributed by atoms with Crippen LogP contribution in [-0.2, 0) is 11.3 Å². The van der Waals surface area contributed by atoms with Crippen LogP contribution in [0.25, 0.3) is 11.0 Å². The van der Waals surface area contributed by atoms with Crippen molar-refractivity contribution in [3.05, 3.63) is 64.9 Å². The highest BCUT2D eigenvalue weighted by Crippen LogP contribution is 2.32. The van der Waals surface area contributed by atoms with Gasteiger partial charge in [0.25, 0.3) is 0 Å². The SMILES string of the molecule is CCOC(=O)c1c(C)oc2cc(C)c(OCc3ccccc3)cc12. The molecule has 124 valence electrons. The molecule has 0 aliphatic heterocycles. The second kappa shape index (κ2) is 6.79. The highest BCUT2D eigenvalue weighted by Gasteiger charge is 2.20. The molecular weight excluding hydrogens is 304 g/mol. The molecule has 0 spiro atoms. The van der Waals surface area contributed by atoms with Gasteiger partial charge in [-0.2, -0.15) is 0 Å². The van der Waals surface area contributed by atoms with E-state index in [0.29, 0.717) is 30.1 Å². The number of aryl methyl sites for hydroxylation is 2. The number of hydrogen-bond donors (Lipinski definition) is 0. The van der Waals surface area contributed by atoms with Crippen molar-refractivity contribution >= 4 is 16.9 Å². The third-order valence-electron chi connectivity index (χ3n) is 3.88. The summed E-state index contributed by atoms with van der Waals surface area (Å²) in [5.74, 6) is 0.923. The van der Waals surface area contributed by atoms with E-state index in [2.05, 4.69) is 0 Å². The molecule has 0 saturated heterocycles. The largest absolute Gasteiger partial charge is 0.489 e. The summed E-state index contributed by atoms with van der Waals surface area (Å²) >= 11 is 0. The average Bonchev–Trinajstić information content (AvgIpc) is 2.88. The Bertz CT molecular complexity index is 862. The average molecular weight is 324 g/mol. The van der Waals surface area contributed by atoms with Crippen molar-refractivity contribution in [1.82, 2.24) is 0 Å². The van der Waals surface area contributed by atoms with E-state index in [-0.39, 0.29) is 5.97 Å². The van der Waals surface area contributed by atoms with Crippen LogP contribution >= 0.6 is 0 Å². The Labute approximate surface area is 141 Å². The molecular formula is C20H20O4. The van der Waals surface area contributed by atoms with Crippen molar-refractivity contribution in [2.45, 2.75) is 27.4 Å². The van der Waals surface area contributed by atoms with E-state index in [1.54, 1.807) is 13.8 Å². The lowest BCUT2D eigenvalue weighted by Gasteiger charge is -2.09. The highest BCUT2D eigenvalue weighted by molar-refractivity contribution is 6.05. The molecule has 4 nitrogen and oxygen atoms in total. The topological polar surface area (TPSA) is 48.7 Å².